The first-order chi connectivity index (χ1) is 14.7. The van der Waals surface area contributed by atoms with Gasteiger partial charge in [0.2, 0.25) is 5.91 Å². The molecule has 2 aromatic carbocycles. The Hall–Kier alpha value is -3.15. The van der Waals surface area contributed by atoms with Gasteiger partial charge in [-0.05, 0) is 49.2 Å². The lowest BCUT2D eigenvalue weighted by atomic mass is 9.95. The standard InChI is InChI=1S/C24H26FN3O2/c25-21-9-5-4-8-20(21)22-16-26-24(30-22)15-14-23(29)28-19-12-10-18(11-13-19)27-17-6-2-1-3-7-17/h4-5,8-13,16-17,27H,1-3,6-7,14-15H2,(H,28,29). The number of anilines is 2. The Morgan fingerprint density at radius 1 is 1.03 bits per heavy atom. The summed E-state index contributed by atoms with van der Waals surface area (Å²) in [7, 11) is 0. The summed E-state index contributed by atoms with van der Waals surface area (Å²) in [4.78, 5) is 16.4. The first-order valence-electron chi connectivity index (χ1n) is 10.5. The van der Waals surface area contributed by atoms with Crippen molar-refractivity contribution >= 4 is 17.3 Å². The molecular weight excluding hydrogens is 381 g/mol. The van der Waals surface area contributed by atoms with Crippen LogP contribution in [0.5, 0.6) is 0 Å². The fourth-order valence-corrected chi connectivity index (χ4v) is 3.79. The molecule has 0 spiro atoms. The third-order valence-corrected chi connectivity index (χ3v) is 5.40. The highest BCUT2D eigenvalue weighted by atomic mass is 19.1. The summed E-state index contributed by atoms with van der Waals surface area (Å²) in [5, 5.41) is 6.46. The van der Waals surface area contributed by atoms with Crippen molar-refractivity contribution < 1.29 is 13.6 Å². The fourth-order valence-electron chi connectivity index (χ4n) is 3.79. The molecule has 0 saturated heterocycles. The second-order valence-corrected chi connectivity index (χ2v) is 7.70. The minimum atomic E-state index is -0.362. The average Bonchev–Trinajstić information content (AvgIpc) is 3.24. The molecule has 0 radical (unpaired) electrons. The molecule has 1 saturated carbocycles. The highest BCUT2D eigenvalue weighted by Crippen LogP contribution is 2.24. The molecule has 2 N–H and O–H groups in total. The van der Waals surface area contributed by atoms with Crippen molar-refractivity contribution in [3.63, 3.8) is 0 Å². The zero-order valence-electron chi connectivity index (χ0n) is 16.9. The largest absolute Gasteiger partial charge is 0.441 e. The number of benzene rings is 2. The molecule has 1 aromatic heterocycles. The van der Waals surface area contributed by atoms with E-state index < -0.39 is 0 Å². The van der Waals surface area contributed by atoms with Gasteiger partial charge in [-0.1, -0.05) is 31.4 Å². The van der Waals surface area contributed by atoms with E-state index in [1.165, 1.54) is 44.4 Å². The van der Waals surface area contributed by atoms with Gasteiger partial charge >= 0.3 is 0 Å². The van der Waals surface area contributed by atoms with E-state index in [1.54, 1.807) is 18.2 Å². The van der Waals surface area contributed by atoms with E-state index in [2.05, 4.69) is 15.6 Å². The lowest BCUT2D eigenvalue weighted by Crippen LogP contribution is -2.22. The Balaban J connectivity index is 1.26. The van der Waals surface area contributed by atoms with Gasteiger partial charge in [0.25, 0.3) is 0 Å². The molecule has 1 aliphatic rings. The van der Waals surface area contributed by atoms with Crippen LogP contribution in [0.4, 0.5) is 15.8 Å². The molecule has 0 atom stereocenters. The number of halogens is 1. The number of amides is 1. The van der Waals surface area contributed by atoms with Gasteiger partial charge in [-0.3, -0.25) is 4.79 Å². The van der Waals surface area contributed by atoms with Gasteiger partial charge in [0.1, 0.15) is 5.82 Å². The zero-order chi connectivity index (χ0) is 20.8. The van der Waals surface area contributed by atoms with Gasteiger partial charge in [-0.15, -0.1) is 0 Å². The molecule has 1 fully saturated rings. The molecule has 0 unspecified atom stereocenters. The Labute approximate surface area is 175 Å². The molecule has 6 heteroatoms. The normalized spacial score (nSPS) is 14.4. The van der Waals surface area contributed by atoms with Crippen LogP contribution in [-0.2, 0) is 11.2 Å². The maximum Gasteiger partial charge on any atom is 0.224 e. The molecule has 4 rings (SSSR count). The molecule has 3 aromatic rings. The van der Waals surface area contributed by atoms with Crippen molar-refractivity contribution in [3.05, 3.63) is 66.4 Å². The lowest BCUT2D eigenvalue weighted by Gasteiger charge is -2.23. The number of rotatable bonds is 7. The summed E-state index contributed by atoms with van der Waals surface area (Å²) in [6, 6.07) is 14.7. The number of aromatic nitrogens is 1. The van der Waals surface area contributed by atoms with E-state index in [-0.39, 0.29) is 18.1 Å². The molecule has 156 valence electrons. The van der Waals surface area contributed by atoms with Crippen LogP contribution in [-0.4, -0.2) is 16.9 Å². The third kappa shape index (κ3) is 5.26. The number of hydrogen-bond donors (Lipinski definition) is 2. The van der Waals surface area contributed by atoms with E-state index in [9.17, 15) is 9.18 Å². The van der Waals surface area contributed by atoms with Gasteiger partial charge in [-0.25, -0.2) is 9.37 Å². The van der Waals surface area contributed by atoms with Crippen LogP contribution in [0.15, 0.2) is 59.1 Å². The number of aryl methyl sites for hydroxylation is 1. The van der Waals surface area contributed by atoms with Crippen LogP contribution < -0.4 is 10.6 Å². The van der Waals surface area contributed by atoms with Crippen LogP contribution in [0.3, 0.4) is 0 Å². The molecule has 1 aliphatic carbocycles. The van der Waals surface area contributed by atoms with Crippen LogP contribution in [0.1, 0.15) is 44.4 Å². The Morgan fingerprint density at radius 3 is 2.53 bits per heavy atom. The number of nitrogens with one attached hydrogen (secondary N) is 2. The SMILES string of the molecule is O=C(CCc1ncc(-c2ccccc2F)o1)Nc1ccc(NC2CCCCC2)cc1. The molecule has 0 bridgehead atoms. The fraction of sp³-hybridized carbons (Fsp3) is 0.333. The third-order valence-electron chi connectivity index (χ3n) is 5.40. The number of oxazole rings is 1. The van der Waals surface area contributed by atoms with E-state index in [0.29, 0.717) is 29.7 Å². The Morgan fingerprint density at radius 2 is 1.77 bits per heavy atom. The van der Waals surface area contributed by atoms with E-state index in [4.69, 9.17) is 4.42 Å². The average molecular weight is 407 g/mol. The predicted molar refractivity (Wildman–Crippen MR) is 116 cm³/mol. The number of hydrogen-bond acceptors (Lipinski definition) is 4. The summed E-state index contributed by atoms with van der Waals surface area (Å²) >= 11 is 0. The number of carbonyl (C=O) groups is 1. The smallest absolute Gasteiger partial charge is 0.224 e. The van der Waals surface area contributed by atoms with Gasteiger partial charge in [0.15, 0.2) is 11.7 Å². The maximum absolute atomic E-state index is 13.8. The molecular formula is C24H26FN3O2. The summed E-state index contributed by atoms with van der Waals surface area (Å²) in [6.07, 6.45) is 8.43. The van der Waals surface area contributed by atoms with Crippen molar-refractivity contribution in [2.24, 2.45) is 0 Å². The monoisotopic (exact) mass is 407 g/mol. The van der Waals surface area contributed by atoms with Crippen molar-refractivity contribution in [1.29, 1.82) is 0 Å². The summed E-state index contributed by atoms with van der Waals surface area (Å²) in [6.45, 7) is 0. The number of carbonyl (C=O) groups excluding carboxylic acids is 1. The summed E-state index contributed by atoms with van der Waals surface area (Å²) in [5.41, 5.74) is 2.21. The Bertz CT molecular complexity index is 978. The predicted octanol–water partition coefficient (Wildman–Crippen LogP) is 5.80. The van der Waals surface area contributed by atoms with Crippen LogP contribution in [0.2, 0.25) is 0 Å². The number of nitrogens with zero attached hydrogens (tertiary/aromatic N) is 1. The van der Waals surface area contributed by atoms with Gasteiger partial charge in [-0.2, -0.15) is 0 Å². The van der Waals surface area contributed by atoms with Crippen molar-refractivity contribution in [2.75, 3.05) is 10.6 Å². The van der Waals surface area contributed by atoms with Gasteiger partial charge < -0.3 is 15.1 Å². The van der Waals surface area contributed by atoms with Gasteiger partial charge in [0.05, 0.1) is 11.8 Å². The quantitative estimate of drug-likeness (QED) is 0.520. The molecule has 30 heavy (non-hydrogen) atoms. The van der Waals surface area contributed by atoms with Gasteiger partial charge in [0, 0.05) is 30.3 Å². The molecule has 1 heterocycles. The van der Waals surface area contributed by atoms with E-state index in [1.807, 2.05) is 24.3 Å². The first-order valence-corrected chi connectivity index (χ1v) is 10.5. The van der Waals surface area contributed by atoms with Crippen molar-refractivity contribution in [2.45, 2.75) is 51.0 Å². The second-order valence-electron chi connectivity index (χ2n) is 7.70. The topological polar surface area (TPSA) is 67.2 Å². The van der Waals surface area contributed by atoms with Crippen molar-refractivity contribution in [1.82, 2.24) is 4.98 Å². The van der Waals surface area contributed by atoms with E-state index in [0.717, 1.165) is 11.4 Å². The van der Waals surface area contributed by atoms with Crippen LogP contribution in [0, 0.1) is 5.82 Å². The van der Waals surface area contributed by atoms with Crippen molar-refractivity contribution in [3.8, 4) is 11.3 Å². The molecule has 5 nitrogen and oxygen atoms in total. The second kappa shape index (κ2) is 9.57. The Kier molecular flexibility index (Phi) is 6.42. The van der Waals surface area contributed by atoms with E-state index >= 15 is 0 Å². The maximum atomic E-state index is 13.8. The zero-order valence-corrected chi connectivity index (χ0v) is 16.9. The molecule has 1 amide bonds. The highest BCUT2D eigenvalue weighted by Gasteiger charge is 2.14. The molecule has 0 aliphatic heterocycles. The van der Waals surface area contributed by atoms with Crippen LogP contribution in [0.25, 0.3) is 11.3 Å². The summed E-state index contributed by atoms with van der Waals surface area (Å²) < 4.78 is 19.4. The van der Waals surface area contributed by atoms with Crippen LogP contribution >= 0.6 is 0 Å². The highest BCUT2D eigenvalue weighted by molar-refractivity contribution is 5.90. The lowest BCUT2D eigenvalue weighted by molar-refractivity contribution is -0.116. The summed E-state index contributed by atoms with van der Waals surface area (Å²) in [5.74, 6) is 0.299. The first kappa shape index (κ1) is 20.1. The minimum Gasteiger partial charge on any atom is -0.441 e. The minimum absolute atomic E-state index is 0.117.